The van der Waals surface area contributed by atoms with Crippen LogP contribution in [0, 0.1) is 0 Å². The standard InChI is InChI=1S/C19H27N7O4/c1-6-12(2)16-23-24-17(29-16)15(27)22-13-7-14(9-25-10-20-21-11-25)26(8-13)18(28)30-19(3,4)5/h10-11,13-14H,2,6-9H2,1,3-5H3,(H,22,27)/t13-,14+/m1/s1. The molecule has 2 aromatic heterocycles. The summed E-state index contributed by atoms with van der Waals surface area (Å²) in [4.78, 5) is 26.9. The summed E-state index contributed by atoms with van der Waals surface area (Å²) in [5.41, 5.74) is 0.0361. The number of ether oxygens (including phenoxy) is 1. The van der Waals surface area contributed by atoms with Gasteiger partial charge < -0.3 is 23.9 Å². The first-order valence-corrected chi connectivity index (χ1v) is 9.80. The summed E-state index contributed by atoms with van der Waals surface area (Å²) in [5, 5.41) is 18.1. The van der Waals surface area contributed by atoms with Gasteiger partial charge in [-0.25, -0.2) is 4.79 Å². The molecule has 30 heavy (non-hydrogen) atoms. The molecular weight excluding hydrogens is 390 g/mol. The summed E-state index contributed by atoms with van der Waals surface area (Å²) in [5.74, 6) is -0.377. The van der Waals surface area contributed by atoms with Crippen LogP contribution in [0.3, 0.4) is 0 Å². The molecule has 1 aliphatic heterocycles. The van der Waals surface area contributed by atoms with Crippen molar-refractivity contribution < 1.29 is 18.7 Å². The van der Waals surface area contributed by atoms with Gasteiger partial charge in [0.1, 0.15) is 18.3 Å². The fraction of sp³-hybridized carbons (Fsp3) is 0.579. The van der Waals surface area contributed by atoms with Crippen LogP contribution in [0.25, 0.3) is 5.57 Å². The van der Waals surface area contributed by atoms with E-state index in [1.165, 1.54) is 0 Å². The zero-order valence-electron chi connectivity index (χ0n) is 17.7. The number of hydrogen-bond acceptors (Lipinski definition) is 8. The van der Waals surface area contributed by atoms with Gasteiger partial charge in [-0.15, -0.1) is 20.4 Å². The molecule has 2 atom stereocenters. The Hall–Kier alpha value is -3.24. The van der Waals surface area contributed by atoms with E-state index in [9.17, 15) is 9.59 Å². The monoisotopic (exact) mass is 417 g/mol. The lowest BCUT2D eigenvalue weighted by atomic mass is 10.1. The first-order valence-electron chi connectivity index (χ1n) is 9.80. The smallest absolute Gasteiger partial charge is 0.410 e. The van der Waals surface area contributed by atoms with Crippen molar-refractivity contribution >= 4 is 17.6 Å². The first-order chi connectivity index (χ1) is 14.2. The lowest BCUT2D eigenvalue weighted by molar-refractivity contribution is 0.0210. The highest BCUT2D eigenvalue weighted by atomic mass is 16.6. The second kappa shape index (κ2) is 8.64. The Labute approximate surface area is 174 Å². The molecule has 0 unspecified atom stereocenters. The quantitative estimate of drug-likeness (QED) is 0.754. The maximum Gasteiger partial charge on any atom is 0.410 e. The minimum Gasteiger partial charge on any atom is -0.444 e. The topological polar surface area (TPSA) is 128 Å². The maximum atomic E-state index is 12.7. The van der Waals surface area contributed by atoms with Gasteiger partial charge in [0, 0.05) is 24.7 Å². The van der Waals surface area contributed by atoms with Crippen LogP contribution in [0.15, 0.2) is 23.7 Å². The van der Waals surface area contributed by atoms with E-state index in [0.717, 1.165) is 0 Å². The molecule has 11 nitrogen and oxygen atoms in total. The molecule has 0 bridgehead atoms. The Morgan fingerprint density at radius 1 is 1.27 bits per heavy atom. The predicted molar refractivity (Wildman–Crippen MR) is 106 cm³/mol. The molecule has 3 heterocycles. The Kier molecular flexibility index (Phi) is 6.18. The lowest BCUT2D eigenvalue weighted by Crippen LogP contribution is -2.43. The molecule has 1 fully saturated rings. The maximum absolute atomic E-state index is 12.7. The van der Waals surface area contributed by atoms with Gasteiger partial charge in [-0.1, -0.05) is 13.5 Å². The van der Waals surface area contributed by atoms with E-state index >= 15 is 0 Å². The minimum absolute atomic E-state index is 0.134. The van der Waals surface area contributed by atoms with Crippen molar-refractivity contribution in [3.63, 3.8) is 0 Å². The summed E-state index contributed by atoms with van der Waals surface area (Å²) in [6.07, 6.45) is 3.91. The number of rotatable bonds is 6. The van der Waals surface area contributed by atoms with Gasteiger partial charge in [0.25, 0.3) is 0 Å². The molecule has 0 aliphatic carbocycles. The van der Waals surface area contributed by atoms with Gasteiger partial charge in [-0.3, -0.25) is 4.79 Å². The average molecular weight is 417 g/mol. The van der Waals surface area contributed by atoms with E-state index in [2.05, 4.69) is 32.3 Å². The van der Waals surface area contributed by atoms with Crippen LogP contribution >= 0.6 is 0 Å². The number of hydrogen-bond donors (Lipinski definition) is 1. The number of allylic oxidation sites excluding steroid dienone is 1. The molecule has 11 heteroatoms. The summed E-state index contributed by atoms with van der Waals surface area (Å²) >= 11 is 0. The van der Waals surface area contributed by atoms with Crippen molar-refractivity contribution in [2.24, 2.45) is 0 Å². The van der Waals surface area contributed by atoms with Crippen molar-refractivity contribution in [1.29, 1.82) is 0 Å². The number of nitrogens with one attached hydrogen (secondary N) is 1. The third-order valence-electron chi connectivity index (χ3n) is 4.61. The molecule has 2 aromatic rings. The Morgan fingerprint density at radius 2 is 1.93 bits per heavy atom. The van der Waals surface area contributed by atoms with Crippen LogP contribution in [0.2, 0.25) is 0 Å². The molecule has 3 rings (SSSR count). The van der Waals surface area contributed by atoms with Crippen molar-refractivity contribution in [2.75, 3.05) is 6.54 Å². The largest absolute Gasteiger partial charge is 0.444 e. The summed E-state index contributed by atoms with van der Waals surface area (Å²) in [6.45, 7) is 12.0. The van der Waals surface area contributed by atoms with Crippen molar-refractivity contribution in [3.05, 3.63) is 31.0 Å². The molecule has 1 aliphatic rings. The van der Waals surface area contributed by atoms with Gasteiger partial charge in [0.2, 0.25) is 5.89 Å². The molecule has 0 aromatic carbocycles. The summed E-state index contributed by atoms with van der Waals surface area (Å²) < 4.78 is 12.7. The van der Waals surface area contributed by atoms with Crippen LogP contribution in [-0.4, -0.2) is 66.1 Å². The number of carbonyl (C=O) groups excluding carboxylic acids is 2. The second-order valence-electron chi connectivity index (χ2n) is 8.22. The molecule has 0 spiro atoms. The van der Waals surface area contributed by atoms with Gasteiger partial charge in [-0.2, -0.15) is 0 Å². The molecule has 1 N–H and O–H groups in total. The van der Waals surface area contributed by atoms with Crippen LogP contribution < -0.4 is 5.32 Å². The highest BCUT2D eigenvalue weighted by Gasteiger charge is 2.39. The van der Waals surface area contributed by atoms with E-state index in [4.69, 9.17) is 9.15 Å². The number of likely N-dealkylation sites (tertiary alicyclic amines) is 1. The number of aromatic nitrogens is 5. The van der Waals surface area contributed by atoms with Crippen LogP contribution in [0.4, 0.5) is 4.79 Å². The normalized spacial score (nSPS) is 19.0. The molecule has 2 amide bonds. The first kappa shape index (κ1) is 21.5. The van der Waals surface area contributed by atoms with E-state index in [1.807, 2.05) is 27.7 Å². The third-order valence-corrected chi connectivity index (χ3v) is 4.61. The van der Waals surface area contributed by atoms with E-state index < -0.39 is 17.6 Å². The summed E-state index contributed by atoms with van der Waals surface area (Å²) in [7, 11) is 0. The zero-order valence-corrected chi connectivity index (χ0v) is 17.7. The Balaban J connectivity index is 1.69. The van der Waals surface area contributed by atoms with E-state index in [1.54, 1.807) is 22.1 Å². The van der Waals surface area contributed by atoms with Gasteiger partial charge in [-0.05, 0) is 33.6 Å². The average Bonchev–Trinajstić information content (AvgIpc) is 3.40. The van der Waals surface area contributed by atoms with Gasteiger partial charge in [0.15, 0.2) is 0 Å². The second-order valence-corrected chi connectivity index (χ2v) is 8.22. The minimum atomic E-state index is -0.624. The number of amides is 2. The third kappa shape index (κ3) is 5.22. The van der Waals surface area contributed by atoms with Crippen LogP contribution in [0.1, 0.15) is 57.1 Å². The molecule has 1 saturated heterocycles. The molecule has 0 saturated carbocycles. The Morgan fingerprint density at radius 3 is 2.57 bits per heavy atom. The van der Waals surface area contributed by atoms with Crippen LogP contribution in [-0.2, 0) is 11.3 Å². The van der Waals surface area contributed by atoms with Crippen molar-refractivity contribution in [1.82, 2.24) is 35.2 Å². The highest BCUT2D eigenvalue weighted by Crippen LogP contribution is 2.23. The predicted octanol–water partition coefficient (Wildman–Crippen LogP) is 1.89. The van der Waals surface area contributed by atoms with Crippen molar-refractivity contribution in [2.45, 2.75) is 64.8 Å². The van der Waals surface area contributed by atoms with Crippen molar-refractivity contribution in [3.8, 4) is 0 Å². The van der Waals surface area contributed by atoms with Gasteiger partial charge in [0.05, 0.1) is 6.04 Å². The number of nitrogens with zero attached hydrogens (tertiary/aromatic N) is 6. The molecule has 0 radical (unpaired) electrons. The van der Waals surface area contributed by atoms with E-state index in [0.29, 0.717) is 31.5 Å². The molecule has 162 valence electrons. The Bertz CT molecular complexity index is 900. The summed E-state index contributed by atoms with van der Waals surface area (Å²) in [6, 6.07) is -0.490. The fourth-order valence-corrected chi connectivity index (χ4v) is 3.15. The van der Waals surface area contributed by atoms with Crippen LogP contribution in [0.5, 0.6) is 0 Å². The van der Waals surface area contributed by atoms with Gasteiger partial charge >= 0.3 is 17.9 Å². The zero-order chi connectivity index (χ0) is 21.9. The number of carbonyl (C=O) groups is 2. The SMILES string of the molecule is C=C(CC)c1nnc(C(=O)N[C@@H]2C[C@@H](Cn3cnnc3)N(C(=O)OC(C)(C)C)C2)o1. The van der Waals surface area contributed by atoms with E-state index in [-0.39, 0.29) is 23.9 Å². The molecular formula is C19H27N7O4. The lowest BCUT2D eigenvalue weighted by Gasteiger charge is -2.28. The highest BCUT2D eigenvalue weighted by molar-refractivity contribution is 5.90. The fourth-order valence-electron chi connectivity index (χ4n) is 3.15.